The van der Waals surface area contributed by atoms with Gasteiger partial charge in [0, 0.05) is 5.92 Å². The summed E-state index contributed by atoms with van der Waals surface area (Å²) in [6.45, 7) is 6.80. The molecule has 0 unspecified atom stereocenters. The molecule has 0 spiro atoms. The monoisotopic (exact) mass is 499 g/mol. The second-order valence-electron chi connectivity index (χ2n) is 8.48. The Morgan fingerprint density at radius 2 is 1.63 bits per heavy atom. The number of aliphatic hydroxyl groups excluding tert-OH is 1. The van der Waals surface area contributed by atoms with Crippen LogP contribution < -0.4 is 9.05 Å². The zero-order chi connectivity index (χ0) is 25.4. The third-order valence-electron chi connectivity index (χ3n) is 6.35. The van der Waals surface area contributed by atoms with Crippen LogP contribution in [0.4, 0.5) is 0 Å². The van der Waals surface area contributed by atoms with Crippen molar-refractivity contribution in [3.8, 4) is 11.5 Å². The van der Waals surface area contributed by atoms with Crippen LogP contribution in [0.3, 0.4) is 0 Å². The van der Waals surface area contributed by atoms with Crippen molar-refractivity contribution >= 4 is 19.7 Å². The van der Waals surface area contributed by atoms with Crippen molar-refractivity contribution in [1.29, 1.82) is 0 Å². The second kappa shape index (κ2) is 9.24. The highest BCUT2D eigenvalue weighted by Gasteiger charge is 2.70. The summed E-state index contributed by atoms with van der Waals surface area (Å²) in [5, 5.41) is 20.5. The summed E-state index contributed by atoms with van der Waals surface area (Å²) in [6.07, 6.45) is 0.558. The zero-order valence-electron chi connectivity index (χ0n) is 19.2. The molecule has 1 fully saturated rings. The van der Waals surface area contributed by atoms with Gasteiger partial charge in [-0.3, -0.25) is 9.69 Å². The van der Waals surface area contributed by atoms with Crippen LogP contribution in [0.2, 0.25) is 0 Å². The normalized spacial score (nSPS) is 24.3. The van der Waals surface area contributed by atoms with E-state index in [0.29, 0.717) is 0 Å². The third kappa shape index (κ3) is 4.11. The molecule has 1 amide bonds. The molecule has 0 saturated carbocycles. The molecule has 2 heterocycles. The Kier molecular flexibility index (Phi) is 6.49. The van der Waals surface area contributed by atoms with Gasteiger partial charge in [-0.2, -0.15) is 4.57 Å². The molecular formula is C25H26NO8P. The minimum atomic E-state index is -4.49. The van der Waals surface area contributed by atoms with E-state index in [2.05, 4.69) is 6.58 Å². The standard InChI is InChI=1S/C25H26NO8P/c1-4-15-25(17(3)27)22-16(2)21(20(23(28)29)26(22)24(25)30)34-35(31,32-18-11-7-5-8-12-18)33-19-13-9-6-10-14-19/h4-14,16-17,22,27H,1,15H2,2-3H3,(H,28,29)/t16-,17+,22-,25+/m0/s1. The maximum absolute atomic E-state index is 13.9. The number of hydrogen-bond donors (Lipinski definition) is 2. The van der Waals surface area contributed by atoms with Crippen LogP contribution in [0.15, 0.2) is 84.8 Å². The molecule has 4 atom stereocenters. The summed E-state index contributed by atoms with van der Waals surface area (Å²) in [4.78, 5) is 26.5. The van der Waals surface area contributed by atoms with Gasteiger partial charge in [0.1, 0.15) is 22.7 Å². The lowest BCUT2D eigenvalue weighted by Gasteiger charge is -2.55. The number of carboxylic acid groups (broad SMARTS) is 1. The Labute approximate surface area is 202 Å². The van der Waals surface area contributed by atoms with Crippen LogP contribution in [-0.2, 0) is 18.7 Å². The van der Waals surface area contributed by atoms with Crippen LogP contribution in [0.5, 0.6) is 11.5 Å². The number of para-hydroxylation sites is 2. The number of aliphatic carboxylic acids is 1. The topological polar surface area (TPSA) is 123 Å². The average molecular weight is 499 g/mol. The number of benzene rings is 2. The van der Waals surface area contributed by atoms with Crippen LogP contribution >= 0.6 is 7.82 Å². The van der Waals surface area contributed by atoms with Crippen LogP contribution in [0, 0.1) is 11.3 Å². The van der Waals surface area contributed by atoms with Gasteiger partial charge in [-0.1, -0.05) is 49.4 Å². The van der Waals surface area contributed by atoms with Gasteiger partial charge in [0.15, 0.2) is 5.70 Å². The van der Waals surface area contributed by atoms with Crippen molar-refractivity contribution in [2.75, 3.05) is 0 Å². The molecule has 10 heteroatoms. The molecule has 1 saturated heterocycles. The molecular weight excluding hydrogens is 473 g/mol. The second-order valence-corrected chi connectivity index (χ2v) is 9.93. The summed E-state index contributed by atoms with van der Waals surface area (Å²) >= 11 is 0. The molecule has 2 aromatic rings. The molecule has 35 heavy (non-hydrogen) atoms. The number of nitrogens with zero attached hydrogens (tertiary/aromatic N) is 1. The number of fused-ring (bicyclic) bond motifs is 1. The lowest BCUT2D eigenvalue weighted by molar-refractivity contribution is -0.184. The predicted molar refractivity (Wildman–Crippen MR) is 126 cm³/mol. The number of carbonyl (C=O) groups excluding carboxylic acids is 1. The van der Waals surface area contributed by atoms with Gasteiger partial charge in [-0.25, -0.2) is 4.79 Å². The van der Waals surface area contributed by atoms with Crippen LogP contribution in [0.1, 0.15) is 20.3 Å². The van der Waals surface area contributed by atoms with Crippen LogP contribution in [0.25, 0.3) is 0 Å². The Morgan fingerprint density at radius 1 is 1.11 bits per heavy atom. The summed E-state index contributed by atoms with van der Waals surface area (Å²) in [7, 11) is -4.49. The molecule has 9 nitrogen and oxygen atoms in total. The highest BCUT2D eigenvalue weighted by molar-refractivity contribution is 7.49. The predicted octanol–water partition coefficient (Wildman–Crippen LogP) is 4.37. The number of carbonyl (C=O) groups is 2. The first-order chi connectivity index (χ1) is 16.6. The van der Waals surface area contributed by atoms with Gasteiger partial charge >= 0.3 is 13.8 Å². The Morgan fingerprint density at radius 3 is 2.06 bits per heavy atom. The molecule has 184 valence electrons. The fraction of sp³-hybridized carbons (Fsp3) is 0.280. The maximum Gasteiger partial charge on any atom is 0.646 e. The van der Waals surface area contributed by atoms with Gasteiger partial charge in [0.05, 0.1) is 12.1 Å². The smallest absolute Gasteiger partial charge is 0.476 e. The van der Waals surface area contributed by atoms with E-state index in [1.807, 2.05) is 0 Å². The number of phosphoric acid groups is 1. The first-order valence-corrected chi connectivity index (χ1v) is 12.5. The number of hydrogen-bond acceptors (Lipinski definition) is 7. The third-order valence-corrected chi connectivity index (χ3v) is 7.63. The Bertz CT molecular complexity index is 1170. The van der Waals surface area contributed by atoms with E-state index in [-0.39, 0.29) is 23.7 Å². The van der Waals surface area contributed by atoms with Gasteiger partial charge in [-0.05, 0) is 37.6 Å². The van der Waals surface area contributed by atoms with Crippen molar-refractivity contribution in [2.24, 2.45) is 11.3 Å². The number of allylic oxidation sites excluding steroid dienone is 1. The molecule has 0 aliphatic carbocycles. The SMILES string of the molecule is C=CC[C@]1([C@@H](C)O)C(=O)N2C(C(=O)O)=C(OP(=O)(Oc3ccccc3)Oc3ccccc3)[C@H](C)[C@H]21. The van der Waals surface area contributed by atoms with Crippen molar-refractivity contribution in [3.05, 3.63) is 84.8 Å². The molecule has 0 bridgehead atoms. The van der Waals surface area contributed by atoms with Gasteiger partial charge in [0.2, 0.25) is 5.91 Å². The van der Waals surface area contributed by atoms with Gasteiger partial charge in [0.25, 0.3) is 0 Å². The van der Waals surface area contributed by atoms with Crippen LogP contribution in [-0.4, -0.2) is 39.1 Å². The van der Waals surface area contributed by atoms with E-state index >= 15 is 0 Å². The lowest BCUT2D eigenvalue weighted by atomic mass is 9.62. The highest BCUT2D eigenvalue weighted by atomic mass is 31.2. The summed E-state index contributed by atoms with van der Waals surface area (Å²) < 4.78 is 30.9. The number of rotatable bonds is 10. The number of phosphoric ester groups is 1. The molecule has 4 rings (SSSR count). The first kappa shape index (κ1) is 24.6. The molecule has 2 N–H and O–H groups in total. The maximum atomic E-state index is 13.9. The fourth-order valence-electron chi connectivity index (χ4n) is 4.80. The van der Waals surface area contributed by atoms with Crippen molar-refractivity contribution in [2.45, 2.75) is 32.4 Å². The Balaban J connectivity index is 1.75. The number of β-lactam (4-membered cyclic amide) rings is 1. The minimum absolute atomic E-state index is 0.133. The lowest BCUT2D eigenvalue weighted by Crippen LogP contribution is -2.72. The van der Waals surface area contributed by atoms with Crippen molar-refractivity contribution in [3.63, 3.8) is 0 Å². The average Bonchev–Trinajstić information content (AvgIpc) is 3.07. The van der Waals surface area contributed by atoms with E-state index in [9.17, 15) is 24.4 Å². The van der Waals surface area contributed by atoms with Gasteiger partial charge in [-0.15, -0.1) is 6.58 Å². The minimum Gasteiger partial charge on any atom is -0.476 e. The highest BCUT2D eigenvalue weighted by Crippen LogP contribution is 2.60. The number of carboxylic acids is 1. The van der Waals surface area contributed by atoms with Crippen molar-refractivity contribution < 1.29 is 37.9 Å². The van der Waals surface area contributed by atoms with Crippen molar-refractivity contribution in [1.82, 2.24) is 4.90 Å². The molecule has 0 radical (unpaired) electrons. The van der Waals surface area contributed by atoms with E-state index in [4.69, 9.17) is 13.6 Å². The fourth-order valence-corrected chi connectivity index (χ4v) is 6.17. The molecule has 2 aliphatic heterocycles. The van der Waals surface area contributed by atoms with Gasteiger partial charge < -0.3 is 23.8 Å². The van der Waals surface area contributed by atoms with E-state index in [1.54, 1.807) is 67.6 Å². The summed E-state index contributed by atoms with van der Waals surface area (Å²) in [5.74, 6) is -2.61. The molecule has 0 aromatic heterocycles. The summed E-state index contributed by atoms with van der Waals surface area (Å²) in [5.41, 5.74) is -1.74. The number of aliphatic hydroxyl groups is 1. The zero-order valence-corrected chi connectivity index (χ0v) is 20.1. The quantitative estimate of drug-likeness (QED) is 0.281. The van der Waals surface area contributed by atoms with E-state index < -0.39 is 48.9 Å². The molecule has 2 aliphatic rings. The van der Waals surface area contributed by atoms with E-state index in [0.717, 1.165) is 4.90 Å². The molecule has 2 aromatic carbocycles. The van der Waals surface area contributed by atoms with E-state index in [1.165, 1.54) is 13.0 Å². The number of amides is 1. The summed E-state index contributed by atoms with van der Waals surface area (Å²) in [6, 6.07) is 15.6. The largest absolute Gasteiger partial charge is 0.646 e. The Hall–Kier alpha value is -3.55. The first-order valence-electron chi connectivity index (χ1n) is 11.0.